The van der Waals surface area contributed by atoms with Gasteiger partial charge in [0.2, 0.25) is 0 Å². The summed E-state index contributed by atoms with van der Waals surface area (Å²) in [5.41, 5.74) is 0. The molecular weight excluding hydrogens is 154 g/mol. The molecule has 1 fully saturated rings. The lowest BCUT2D eigenvalue weighted by Crippen LogP contribution is -2.29. The van der Waals surface area contributed by atoms with Crippen molar-refractivity contribution in [3.05, 3.63) is 0 Å². The van der Waals surface area contributed by atoms with E-state index in [0.29, 0.717) is 5.92 Å². The van der Waals surface area contributed by atoms with Gasteiger partial charge in [-0.1, -0.05) is 13.3 Å². The Hall–Kier alpha value is -0.570. The van der Waals surface area contributed by atoms with Crippen LogP contribution in [0.5, 0.6) is 0 Å². The second kappa shape index (κ2) is 4.45. The molecule has 0 aromatic rings. The van der Waals surface area contributed by atoms with Gasteiger partial charge < -0.3 is 10.4 Å². The maximum atomic E-state index is 10.7. The molecule has 0 amide bonds. The highest BCUT2D eigenvalue weighted by atomic mass is 16.4. The molecule has 0 radical (unpaired) electrons. The number of carboxylic acid groups (broad SMARTS) is 1. The fraction of sp³-hybridized carbons (Fsp3) is 0.889. The molecule has 0 spiro atoms. The zero-order valence-corrected chi connectivity index (χ0v) is 7.55. The van der Waals surface area contributed by atoms with Crippen LogP contribution in [-0.4, -0.2) is 24.2 Å². The van der Waals surface area contributed by atoms with Crippen molar-refractivity contribution in [2.24, 2.45) is 11.8 Å². The summed E-state index contributed by atoms with van der Waals surface area (Å²) < 4.78 is 0. The summed E-state index contributed by atoms with van der Waals surface area (Å²) in [6, 6.07) is 0. The smallest absolute Gasteiger partial charge is 0.306 e. The van der Waals surface area contributed by atoms with Crippen LogP contribution in [0.25, 0.3) is 0 Å². The van der Waals surface area contributed by atoms with Gasteiger partial charge in [0.15, 0.2) is 0 Å². The van der Waals surface area contributed by atoms with Crippen LogP contribution in [0.2, 0.25) is 0 Å². The minimum absolute atomic E-state index is 0.199. The fourth-order valence-electron chi connectivity index (χ4n) is 1.67. The van der Waals surface area contributed by atoms with E-state index in [1.165, 1.54) is 6.42 Å². The molecule has 70 valence electrons. The highest BCUT2D eigenvalue weighted by molar-refractivity contribution is 5.69. The first-order valence-corrected chi connectivity index (χ1v) is 4.65. The molecule has 0 aromatic heterocycles. The van der Waals surface area contributed by atoms with Crippen molar-refractivity contribution in [3.8, 4) is 0 Å². The monoisotopic (exact) mass is 171 g/mol. The third kappa shape index (κ3) is 2.48. The van der Waals surface area contributed by atoms with E-state index in [9.17, 15) is 4.79 Å². The summed E-state index contributed by atoms with van der Waals surface area (Å²) in [5.74, 6) is -0.538. The Morgan fingerprint density at radius 1 is 1.58 bits per heavy atom. The van der Waals surface area contributed by atoms with Crippen LogP contribution in [0.1, 0.15) is 26.2 Å². The maximum Gasteiger partial charge on any atom is 0.306 e. The van der Waals surface area contributed by atoms with Crippen LogP contribution in [-0.2, 0) is 4.79 Å². The summed E-state index contributed by atoms with van der Waals surface area (Å²) in [6.07, 6.45) is 3.40. The molecule has 1 rings (SSSR count). The van der Waals surface area contributed by atoms with Gasteiger partial charge in [-0.05, 0) is 31.8 Å². The summed E-state index contributed by atoms with van der Waals surface area (Å²) >= 11 is 0. The number of carbonyl (C=O) groups is 1. The normalized spacial score (nSPS) is 27.6. The number of hydrogen-bond donors (Lipinski definition) is 2. The highest BCUT2D eigenvalue weighted by Crippen LogP contribution is 2.19. The fourth-order valence-corrected chi connectivity index (χ4v) is 1.67. The van der Waals surface area contributed by atoms with Gasteiger partial charge in [0.25, 0.3) is 0 Å². The molecule has 0 unspecified atom stereocenters. The zero-order valence-electron chi connectivity index (χ0n) is 7.55. The Balaban J connectivity index is 2.42. The standard InChI is InChI=1S/C9H17NO2/c1-7(9(11)12)8-4-2-3-5-10-6-8/h7-8,10H,2-6H2,1H3,(H,11,12)/t7-,8-/m1/s1. The van der Waals surface area contributed by atoms with E-state index in [2.05, 4.69) is 5.32 Å². The van der Waals surface area contributed by atoms with E-state index in [1.807, 2.05) is 0 Å². The van der Waals surface area contributed by atoms with Crippen molar-refractivity contribution in [1.29, 1.82) is 0 Å². The Morgan fingerprint density at radius 3 is 3.00 bits per heavy atom. The molecular formula is C9H17NO2. The van der Waals surface area contributed by atoms with Crippen LogP contribution in [0.4, 0.5) is 0 Å². The van der Waals surface area contributed by atoms with Gasteiger partial charge in [0.1, 0.15) is 0 Å². The third-order valence-corrected chi connectivity index (χ3v) is 2.68. The van der Waals surface area contributed by atoms with Crippen molar-refractivity contribution in [1.82, 2.24) is 5.32 Å². The number of nitrogens with one attached hydrogen (secondary N) is 1. The molecule has 0 bridgehead atoms. The summed E-state index contributed by atoms with van der Waals surface area (Å²) in [6.45, 7) is 3.72. The van der Waals surface area contributed by atoms with Crippen molar-refractivity contribution in [2.75, 3.05) is 13.1 Å². The quantitative estimate of drug-likeness (QED) is 0.654. The Labute approximate surface area is 73.2 Å². The van der Waals surface area contributed by atoms with E-state index >= 15 is 0 Å². The molecule has 0 aromatic carbocycles. The van der Waals surface area contributed by atoms with E-state index in [1.54, 1.807) is 6.92 Å². The van der Waals surface area contributed by atoms with Gasteiger partial charge in [0, 0.05) is 0 Å². The zero-order chi connectivity index (χ0) is 8.97. The second-order valence-corrected chi connectivity index (χ2v) is 3.59. The topological polar surface area (TPSA) is 49.3 Å². The van der Waals surface area contributed by atoms with Crippen molar-refractivity contribution < 1.29 is 9.90 Å². The van der Waals surface area contributed by atoms with Gasteiger partial charge in [-0.3, -0.25) is 4.79 Å². The van der Waals surface area contributed by atoms with E-state index in [4.69, 9.17) is 5.11 Å². The van der Waals surface area contributed by atoms with Crippen LogP contribution < -0.4 is 5.32 Å². The molecule has 1 saturated heterocycles. The highest BCUT2D eigenvalue weighted by Gasteiger charge is 2.23. The number of hydrogen-bond acceptors (Lipinski definition) is 2. The minimum Gasteiger partial charge on any atom is -0.481 e. The lowest BCUT2D eigenvalue weighted by molar-refractivity contribution is -0.142. The number of carboxylic acids is 1. The average molecular weight is 171 g/mol. The summed E-state index contributed by atoms with van der Waals surface area (Å²) in [4.78, 5) is 10.7. The first-order chi connectivity index (χ1) is 5.72. The van der Waals surface area contributed by atoms with Crippen LogP contribution >= 0.6 is 0 Å². The van der Waals surface area contributed by atoms with E-state index < -0.39 is 5.97 Å². The van der Waals surface area contributed by atoms with Crippen LogP contribution in [0.15, 0.2) is 0 Å². The van der Waals surface area contributed by atoms with Crippen molar-refractivity contribution in [3.63, 3.8) is 0 Å². The van der Waals surface area contributed by atoms with Crippen molar-refractivity contribution in [2.45, 2.75) is 26.2 Å². The predicted molar refractivity (Wildman–Crippen MR) is 47.0 cm³/mol. The van der Waals surface area contributed by atoms with E-state index in [0.717, 1.165) is 25.9 Å². The average Bonchev–Trinajstić information content (AvgIpc) is 2.30. The van der Waals surface area contributed by atoms with Crippen LogP contribution in [0.3, 0.4) is 0 Å². The number of aliphatic carboxylic acids is 1. The molecule has 2 atom stereocenters. The third-order valence-electron chi connectivity index (χ3n) is 2.68. The second-order valence-electron chi connectivity index (χ2n) is 3.59. The van der Waals surface area contributed by atoms with Gasteiger partial charge >= 0.3 is 5.97 Å². The Bertz CT molecular complexity index is 151. The van der Waals surface area contributed by atoms with Crippen LogP contribution in [0, 0.1) is 11.8 Å². The lowest BCUT2D eigenvalue weighted by atomic mass is 9.90. The van der Waals surface area contributed by atoms with Gasteiger partial charge in [0.05, 0.1) is 5.92 Å². The SMILES string of the molecule is C[C@@H](C(=O)O)[C@@H]1CCCCNC1. The summed E-state index contributed by atoms with van der Waals surface area (Å²) in [5, 5.41) is 12.1. The maximum absolute atomic E-state index is 10.7. The molecule has 12 heavy (non-hydrogen) atoms. The molecule has 3 nitrogen and oxygen atoms in total. The largest absolute Gasteiger partial charge is 0.481 e. The minimum atomic E-state index is -0.663. The molecule has 3 heteroatoms. The Kier molecular flexibility index (Phi) is 3.53. The van der Waals surface area contributed by atoms with Gasteiger partial charge in [-0.15, -0.1) is 0 Å². The molecule has 0 aliphatic carbocycles. The molecule has 1 aliphatic heterocycles. The molecule has 1 heterocycles. The van der Waals surface area contributed by atoms with E-state index in [-0.39, 0.29) is 5.92 Å². The number of rotatable bonds is 2. The summed E-state index contributed by atoms with van der Waals surface area (Å²) in [7, 11) is 0. The van der Waals surface area contributed by atoms with Gasteiger partial charge in [-0.2, -0.15) is 0 Å². The molecule has 0 saturated carbocycles. The van der Waals surface area contributed by atoms with Crippen molar-refractivity contribution >= 4 is 5.97 Å². The molecule has 2 N–H and O–H groups in total. The Morgan fingerprint density at radius 2 is 2.33 bits per heavy atom. The first-order valence-electron chi connectivity index (χ1n) is 4.65. The lowest BCUT2D eigenvalue weighted by Gasteiger charge is -2.18. The predicted octanol–water partition coefficient (Wildman–Crippen LogP) is 1.10. The first kappa shape index (κ1) is 9.52. The van der Waals surface area contributed by atoms with Gasteiger partial charge in [-0.25, -0.2) is 0 Å². The molecule has 1 aliphatic rings.